The molecule has 0 unspecified atom stereocenters. The number of rotatable bonds is 3. The first-order chi connectivity index (χ1) is 6.79. The van der Waals surface area contributed by atoms with Crippen molar-refractivity contribution in [3.63, 3.8) is 0 Å². The fraction of sp³-hybridized carbons (Fsp3) is 0.500. The molecule has 0 aliphatic carbocycles. The number of ether oxygens (including phenoxy) is 1. The second-order valence-electron chi connectivity index (χ2n) is 3.52. The van der Waals surface area contributed by atoms with E-state index in [1.165, 1.54) is 6.20 Å². The number of pyridine rings is 1. The van der Waals surface area contributed by atoms with Gasteiger partial charge in [-0.1, -0.05) is 0 Å². The lowest BCUT2D eigenvalue weighted by Gasteiger charge is -2.38. The van der Waals surface area contributed by atoms with E-state index in [1.54, 1.807) is 19.4 Å². The normalized spacial score (nSPS) is 18.1. The molecule has 0 radical (unpaired) electrons. The summed E-state index contributed by atoms with van der Waals surface area (Å²) in [6.45, 7) is 2.42. The van der Waals surface area contributed by atoms with Crippen LogP contribution in [0.3, 0.4) is 0 Å². The summed E-state index contributed by atoms with van der Waals surface area (Å²) in [6, 6.07) is 1.72. The molecule has 2 rings (SSSR count). The van der Waals surface area contributed by atoms with Gasteiger partial charge in [-0.2, -0.15) is 0 Å². The van der Waals surface area contributed by atoms with Gasteiger partial charge in [0.05, 0.1) is 12.3 Å². The maximum absolute atomic E-state index is 13.2. The monoisotopic (exact) mass is 196 g/mol. The first-order valence-electron chi connectivity index (χ1n) is 4.63. The van der Waals surface area contributed by atoms with Gasteiger partial charge in [-0.25, -0.2) is 4.39 Å². The standard InChI is InChI=1S/C10H13FN2O/c1-14-9-6-13(7-9)5-8-2-3-12-4-10(8)11/h2-4,9H,5-7H2,1H3. The van der Waals surface area contributed by atoms with Gasteiger partial charge in [0.15, 0.2) is 0 Å². The van der Waals surface area contributed by atoms with Gasteiger partial charge < -0.3 is 4.74 Å². The van der Waals surface area contributed by atoms with Gasteiger partial charge in [0.1, 0.15) is 5.82 Å². The van der Waals surface area contributed by atoms with Crippen molar-refractivity contribution in [2.45, 2.75) is 12.6 Å². The molecule has 4 heteroatoms. The maximum Gasteiger partial charge on any atom is 0.145 e. The van der Waals surface area contributed by atoms with Crippen LogP contribution in [0.15, 0.2) is 18.5 Å². The summed E-state index contributed by atoms with van der Waals surface area (Å²) >= 11 is 0. The number of hydrogen-bond acceptors (Lipinski definition) is 3. The van der Waals surface area contributed by atoms with Crippen LogP contribution in [-0.2, 0) is 11.3 Å². The first-order valence-corrected chi connectivity index (χ1v) is 4.63. The predicted molar refractivity (Wildman–Crippen MR) is 50.3 cm³/mol. The summed E-state index contributed by atoms with van der Waals surface area (Å²) in [7, 11) is 1.70. The Kier molecular flexibility index (Phi) is 2.74. The van der Waals surface area contributed by atoms with Gasteiger partial charge in [0, 0.05) is 38.5 Å². The van der Waals surface area contributed by atoms with Crippen LogP contribution in [0.25, 0.3) is 0 Å². The number of methoxy groups -OCH3 is 1. The second kappa shape index (κ2) is 4.02. The van der Waals surface area contributed by atoms with Crippen molar-refractivity contribution >= 4 is 0 Å². The number of aromatic nitrogens is 1. The Hall–Kier alpha value is -1.00. The fourth-order valence-electron chi connectivity index (χ4n) is 1.57. The highest BCUT2D eigenvalue weighted by Gasteiger charge is 2.26. The summed E-state index contributed by atoms with van der Waals surface area (Å²) in [6.07, 6.45) is 3.19. The minimum absolute atomic E-state index is 0.228. The van der Waals surface area contributed by atoms with Crippen LogP contribution in [0.2, 0.25) is 0 Å². The van der Waals surface area contributed by atoms with Crippen molar-refractivity contribution in [2.24, 2.45) is 0 Å². The number of halogens is 1. The van der Waals surface area contributed by atoms with Gasteiger partial charge in [-0.3, -0.25) is 9.88 Å². The van der Waals surface area contributed by atoms with E-state index in [4.69, 9.17) is 4.74 Å². The average molecular weight is 196 g/mol. The molecule has 0 aromatic carbocycles. The molecule has 0 N–H and O–H groups in total. The van der Waals surface area contributed by atoms with Gasteiger partial charge in [0.2, 0.25) is 0 Å². The lowest BCUT2D eigenvalue weighted by atomic mass is 10.1. The Balaban J connectivity index is 1.90. The summed E-state index contributed by atoms with van der Waals surface area (Å²) < 4.78 is 18.3. The molecule has 3 nitrogen and oxygen atoms in total. The zero-order valence-corrected chi connectivity index (χ0v) is 8.11. The third-order valence-electron chi connectivity index (χ3n) is 2.51. The molecular weight excluding hydrogens is 183 g/mol. The highest BCUT2D eigenvalue weighted by molar-refractivity contribution is 5.12. The van der Waals surface area contributed by atoms with E-state index in [2.05, 4.69) is 9.88 Å². The van der Waals surface area contributed by atoms with E-state index in [-0.39, 0.29) is 5.82 Å². The van der Waals surface area contributed by atoms with Crippen molar-refractivity contribution < 1.29 is 9.13 Å². The summed E-state index contributed by atoms with van der Waals surface area (Å²) in [5.41, 5.74) is 0.703. The van der Waals surface area contributed by atoms with E-state index in [1.807, 2.05) is 0 Å². The van der Waals surface area contributed by atoms with Crippen molar-refractivity contribution in [3.05, 3.63) is 29.8 Å². The molecule has 0 amide bonds. The molecule has 76 valence electrons. The van der Waals surface area contributed by atoms with E-state index in [9.17, 15) is 4.39 Å². The molecule has 0 atom stereocenters. The summed E-state index contributed by atoms with van der Waals surface area (Å²) in [5, 5.41) is 0. The zero-order valence-electron chi connectivity index (χ0n) is 8.11. The van der Waals surface area contributed by atoms with Gasteiger partial charge >= 0.3 is 0 Å². The Morgan fingerprint density at radius 3 is 3.07 bits per heavy atom. The minimum atomic E-state index is -0.228. The molecule has 1 aromatic heterocycles. The van der Waals surface area contributed by atoms with Crippen LogP contribution in [-0.4, -0.2) is 36.2 Å². The Labute approximate surface area is 82.5 Å². The Morgan fingerprint density at radius 1 is 1.64 bits per heavy atom. The number of hydrogen-bond donors (Lipinski definition) is 0. The predicted octanol–water partition coefficient (Wildman–Crippen LogP) is 1.05. The van der Waals surface area contributed by atoms with E-state index in [0.717, 1.165) is 13.1 Å². The molecule has 1 aliphatic heterocycles. The van der Waals surface area contributed by atoms with Gasteiger partial charge in [-0.05, 0) is 6.07 Å². The van der Waals surface area contributed by atoms with Gasteiger partial charge in [-0.15, -0.1) is 0 Å². The number of nitrogens with zero attached hydrogens (tertiary/aromatic N) is 2. The SMILES string of the molecule is COC1CN(Cc2ccncc2F)C1. The molecule has 0 spiro atoms. The van der Waals surface area contributed by atoms with Crippen LogP contribution in [0.1, 0.15) is 5.56 Å². The van der Waals surface area contributed by atoms with Crippen molar-refractivity contribution in [3.8, 4) is 0 Å². The summed E-state index contributed by atoms with van der Waals surface area (Å²) in [5.74, 6) is -0.228. The van der Waals surface area contributed by atoms with Crippen molar-refractivity contribution in [2.75, 3.05) is 20.2 Å². The molecular formula is C10H13FN2O. The highest BCUT2D eigenvalue weighted by Crippen LogP contribution is 2.16. The minimum Gasteiger partial charge on any atom is -0.379 e. The molecule has 14 heavy (non-hydrogen) atoms. The first kappa shape index (κ1) is 9.55. The molecule has 2 heterocycles. The van der Waals surface area contributed by atoms with Crippen molar-refractivity contribution in [1.82, 2.24) is 9.88 Å². The topological polar surface area (TPSA) is 25.4 Å². The highest BCUT2D eigenvalue weighted by atomic mass is 19.1. The Morgan fingerprint density at radius 2 is 2.43 bits per heavy atom. The van der Waals surface area contributed by atoms with Crippen molar-refractivity contribution in [1.29, 1.82) is 0 Å². The third kappa shape index (κ3) is 1.91. The van der Waals surface area contributed by atoms with E-state index < -0.39 is 0 Å². The quantitative estimate of drug-likeness (QED) is 0.722. The molecule has 0 bridgehead atoms. The lowest BCUT2D eigenvalue weighted by molar-refractivity contribution is -0.0338. The van der Waals surface area contributed by atoms with Crippen LogP contribution in [0.4, 0.5) is 4.39 Å². The zero-order chi connectivity index (χ0) is 9.97. The van der Waals surface area contributed by atoms with Gasteiger partial charge in [0.25, 0.3) is 0 Å². The molecule has 0 saturated carbocycles. The smallest absolute Gasteiger partial charge is 0.145 e. The van der Waals surface area contributed by atoms with E-state index in [0.29, 0.717) is 18.2 Å². The molecule has 1 aromatic rings. The fourth-order valence-corrected chi connectivity index (χ4v) is 1.57. The summed E-state index contributed by atoms with van der Waals surface area (Å²) in [4.78, 5) is 5.85. The van der Waals surface area contributed by atoms with E-state index >= 15 is 0 Å². The number of likely N-dealkylation sites (tertiary alicyclic amines) is 1. The second-order valence-corrected chi connectivity index (χ2v) is 3.52. The Bertz CT molecular complexity index is 313. The van der Waals surface area contributed by atoms with Crippen LogP contribution >= 0.6 is 0 Å². The maximum atomic E-state index is 13.2. The van der Waals surface area contributed by atoms with Crippen LogP contribution < -0.4 is 0 Å². The average Bonchev–Trinajstić information content (AvgIpc) is 2.13. The molecule has 1 saturated heterocycles. The molecule has 1 fully saturated rings. The lowest BCUT2D eigenvalue weighted by Crippen LogP contribution is -2.51. The van der Waals surface area contributed by atoms with Crippen LogP contribution in [0.5, 0.6) is 0 Å². The van der Waals surface area contributed by atoms with Crippen LogP contribution in [0, 0.1) is 5.82 Å². The third-order valence-corrected chi connectivity index (χ3v) is 2.51. The largest absolute Gasteiger partial charge is 0.379 e. The molecule has 1 aliphatic rings.